The van der Waals surface area contributed by atoms with E-state index in [-0.39, 0.29) is 42.1 Å². The van der Waals surface area contributed by atoms with E-state index in [4.69, 9.17) is 9.47 Å². The molecule has 184 valence electrons. The van der Waals surface area contributed by atoms with Crippen LogP contribution in [-0.4, -0.2) is 41.0 Å². The number of anilines is 1. The van der Waals surface area contributed by atoms with Gasteiger partial charge in [-0.05, 0) is 42.7 Å². The first-order valence-electron chi connectivity index (χ1n) is 11.2. The van der Waals surface area contributed by atoms with Crippen molar-refractivity contribution in [2.24, 2.45) is 5.92 Å². The Hall–Kier alpha value is -3.11. The van der Waals surface area contributed by atoms with Crippen LogP contribution >= 0.6 is 0 Å². The molecule has 1 aliphatic rings. The van der Waals surface area contributed by atoms with Gasteiger partial charge in [-0.1, -0.05) is 25.0 Å². The van der Waals surface area contributed by atoms with E-state index in [2.05, 4.69) is 15.4 Å². The van der Waals surface area contributed by atoms with Crippen molar-refractivity contribution in [3.63, 3.8) is 0 Å². The molecule has 2 aromatic carbocycles. The maximum atomic E-state index is 12.5. The van der Waals surface area contributed by atoms with Gasteiger partial charge in [0.2, 0.25) is 21.8 Å². The lowest BCUT2D eigenvalue weighted by Gasteiger charge is -2.12. The van der Waals surface area contributed by atoms with E-state index < -0.39 is 10.0 Å². The van der Waals surface area contributed by atoms with Crippen LogP contribution in [0.1, 0.15) is 37.7 Å². The fraction of sp³-hybridized carbons (Fsp3) is 0.417. The minimum absolute atomic E-state index is 0.0158. The zero-order valence-electron chi connectivity index (χ0n) is 19.4. The molecular formula is C24H31N3O6S. The van der Waals surface area contributed by atoms with E-state index in [9.17, 15) is 18.0 Å². The molecule has 1 fully saturated rings. The van der Waals surface area contributed by atoms with Gasteiger partial charge in [-0.15, -0.1) is 0 Å². The summed E-state index contributed by atoms with van der Waals surface area (Å²) >= 11 is 0. The molecule has 0 aromatic heterocycles. The summed E-state index contributed by atoms with van der Waals surface area (Å²) in [5.74, 6) is 0.537. The van der Waals surface area contributed by atoms with E-state index in [1.807, 2.05) is 24.3 Å². The summed E-state index contributed by atoms with van der Waals surface area (Å²) in [5, 5.41) is 5.72. The van der Waals surface area contributed by atoms with Gasteiger partial charge in [-0.2, -0.15) is 0 Å². The second-order valence-electron chi connectivity index (χ2n) is 8.11. The van der Waals surface area contributed by atoms with Crippen LogP contribution in [0, 0.1) is 5.92 Å². The van der Waals surface area contributed by atoms with E-state index in [1.165, 1.54) is 32.4 Å². The number of methoxy groups -OCH3 is 2. The number of sulfonamides is 1. The second kappa shape index (κ2) is 11.8. The van der Waals surface area contributed by atoms with E-state index in [0.717, 1.165) is 31.2 Å². The molecule has 2 amide bonds. The van der Waals surface area contributed by atoms with Crippen LogP contribution in [0.4, 0.5) is 5.69 Å². The Bertz CT molecular complexity index is 1110. The van der Waals surface area contributed by atoms with Crippen LogP contribution in [0.3, 0.4) is 0 Å². The molecule has 1 saturated carbocycles. The van der Waals surface area contributed by atoms with Crippen LogP contribution in [0.2, 0.25) is 0 Å². The lowest BCUT2D eigenvalue weighted by atomic mass is 10.1. The highest BCUT2D eigenvalue weighted by Gasteiger charge is 2.22. The third-order valence-electron chi connectivity index (χ3n) is 5.72. The minimum Gasteiger partial charge on any atom is -0.493 e. The molecule has 9 nitrogen and oxygen atoms in total. The smallest absolute Gasteiger partial charge is 0.240 e. The van der Waals surface area contributed by atoms with Crippen molar-refractivity contribution in [3.8, 4) is 11.5 Å². The maximum Gasteiger partial charge on any atom is 0.240 e. The molecule has 0 atom stereocenters. The average molecular weight is 490 g/mol. The van der Waals surface area contributed by atoms with Gasteiger partial charge in [0.1, 0.15) is 0 Å². The van der Waals surface area contributed by atoms with E-state index in [1.54, 1.807) is 0 Å². The molecule has 3 N–H and O–H groups in total. The number of hydrogen-bond acceptors (Lipinski definition) is 6. The number of rotatable bonds is 11. The summed E-state index contributed by atoms with van der Waals surface area (Å²) < 4.78 is 37.7. The molecule has 10 heteroatoms. The monoisotopic (exact) mass is 489 g/mol. The van der Waals surface area contributed by atoms with Gasteiger partial charge in [-0.3, -0.25) is 9.59 Å². The van der Waals surface area contributed by atoms with Crippen LogP contribution in [-0.2, 0) is 26.2 Å². The fourth-order valence-corrected chi connectivity index (χ4v) is 4.89. The van der Waals surface area contributed by atoms with Crippen molar-refractivity contribution < 1.29 is 27.5 Å². The third-order valence-corrected chi connectivity index (χ3v) is 7.18. The zero-order chi connectivity index (χ0) is 24.6. The standard InChI is InChI=1S/C24H31N3O6S/c1-32-21-11-10-20(15-22(21)33-2)34(30,31)26-13-12-23(28)25-16-17-6-5-9-19(14-17)27-24(29)18-7-3-4-8-18/h5-6,9-11,14-15,18,26H,3-4,7-8,12-13,16H2,1-2H3,(H,25,28)(H,27,29). The first-order valence-corrected chi connectivity index (χ1v) is 12.7. The SMILES string of the molecule is COc1ccc(S(=O)(=O)NCCC(=O)NCc2cccc(NC(=O)C3CCCC3)c2)cc1OC. The lowest BCUT2D eigenvalue weighted by molar-refractivity contribution is -0.121. The quantitative estimate of drug-likeness (QED) is 0.446. The van der Waals surface area contributed by atoms with Gasteiger partial charge in [0.25, 0.3) is 0 Å². The van der Waals surface area contributed by atoms with Crippen molar-refractivity contribution in [2.45, 2.75) is 43.5 Å². The highest BCUT2D eigenvalue weighted by Crippen LogP contribution is 2.29. The Labute approximate surface area is 200 Å². The maximum absolute atomic E-state index is 12.5. The summed E-state index contributed by atoms with van der Waals surface area (Å²) in [5.41, 5.74) is 1.54. The van der Waals surface area contributed by atoms with Gasteiger partial charge < -0.3 is 20.1 Å². The Kier molecular flexibility index (Phi) is 8.89. The van der Waals surface area contributed by atoms with Gasteiger partial charge in [-0.25, -0.2) is 13.1 Å². The normalized spacial score (nSPS) is 13.9. The highest BCUT2D eigenvalue weighted by molar-refractivity contribution is 7.89. The fourth-order valence-electron chi connectivity index (χ4n) is 3.85. The van der Waals surface area contributed by atoms with Gasteiger partial charge in [0.15, 0.2) is 11.5 Å². The molecule has 0 aliphatic heterocycles. The molecular weight excluding hydrogens is 458 g/mol. The van der Waals surface area contributed by atoms with Gasteiger partial charge >= 0.3 is 0 Å². The number of benzene rings is 2. The number of amides is 2. The summed E-state index contributed by atoms with van der Waals surface area (Å²) in [6, 6.07) is 11.6. The molecule has 0 radical (unpaired) electrons. The minimum atomic E-state index is -3.81. The Morgan fingerprint density at radius 3 is 2.44 bits per heavy atom. The van der Waals surface area contributed by atoms with E-state index >= 15 is 0 Å². The zero-order valence-corrected chi connectivity index (χ0v) is 20.2. The first-order chi connectivity index (χ1) is 16.3. The van der Waals surface area contributed by atoms with Crippen molar-refractivity contribution in [1.29, 1.82) is 0 Å². The second-order valence-corrected chi connectivity index (χ2v) is 9.88. The number of ether oxygens (including phenoxy) is 2. The van der Waals surface area contributed by atoms with Crippen LogP contribution < -0.4 is 24.8 Å². The van der Waals surface area contributed by atoms with Crippen LogP contribution in [0.15, 0.2) is 47.4 Å². The Morgan fingerprint density at radius 1 is 1.00 bits per heavy atom. The number of nitrogens with one attached hydrogen (secondary N) is 3. The largest absolute Gasteiger partial charge is 0.493 e. The molecule has 0 spiro atoms. The average Bonchev–Trinajstić information content (AvgIpc) is 3.38. The summed E-state index contributed by atoms with van der Waals surface area (Å²) in [6.07, 6.45) is 4.02. The predicted octanol–water partition coefficient (Wildman–Crippen LogP) is 2.82. The summed E-state index contributed by atoms with van der Waals surface area (Å²) in [7, 11) is -0.925. The first kappa shape index (κ1) is 25.5. The molecule has 0 saturated heterocycles. The van der Waals surface area contributed by atoms with Crippen molar-refractivity contribution in [1.82, 2.24) is 10.0 Å². The van der Waals surface area contributed by atoms with Crippen LogP contribution in [0.5, 0.6) is 11.5 Å². The molecule has 2 aromatic rings. The molecule has 3 rings (SSSR count). The molecule has 0 bridgehead atoms. The molecule has 0 unspecified atom stereocenters. The van der Waals surface area contributed by atoms with Gasteiger partial charge in [0, 0.05) is 37.2 Å². The third kappa shape index (κ3) is 6.94. The van der Waals surface area contributed by atoms with Crippen molar-refractivity contribution in [2.75, 3.05) is 26.1 Å². The van der Waals surface area contributed by atoms with Crippen LogP contribution in [0.25, 0.3) is 0 Å². The number of carbonyl (C=O) groups excluding carboxylic acids is 2. The van der Waals surface area contributed by atoms with E-state index in [0.29, 0.717) is 17.2 Å². The molecule has 0 heterocycles. The van der Waals surface area contributed by atoms with Crippen molar-refractivity contribution >= 4 is 27.5 Å². The Morgan fingerprint density at radius 2 is 1.74 bits per heavy atom. The Balaban J connectivity index is 1.46. The predicted molar refractivity (Wildman–Crippen MR) is 128 cm³/mol. The van der Waals surface area contributed by atoms with Crippen molar-refractivity contribution in [3.05, 3.63) is 48.0 Å². The highest BCUT2D eigenvalue weighted by atomic mass is 32.2. The lowest BCUT2D eigenvalue weighted by Crippen LogP contribution is -2.30. The number of carbonyl (C=O) groups is 2. The summed E-state index contributed by atoms with van der Waals surface area (Å²) in [4.78, 5) is 24.5. The summed E-state index contributed by atoms with van der Waals surface area (Å²) in [6.45, 7) is 0.217. The molecule has 34 heavy (non-hydrogen) atoms. The number of hydrogen-bond donors (Lipinski definition) is 3. The molecule has 1 aliphatic carbocycles. The topological polar surface area (TPSA) is 123 Å². The van der Waals surface area contributed by atoms with Gasteiger partial charge in [0.05, 0.1) is 19.1 Å².